The maximum Gasteiger partial charge on any atom is 0.175 e. The van der Waals surface area contributed by atoms with Crippen molar-refractivity contribution in [1.82, 2.24) is 19.6 Å². The molecule has 0 amide bonds. The summed E-state index contributed by atoms with van der Waals surface area (Å²) < 4.78 is 3.74. The molecule has 2 heterocycles. The lowest BCUT2D eigenvalue weighted by Crippen LogP contribution is -2.08. The van der Waals surface area contributed by atoms with Gasteiger partial charge in [-0.2, -0.15) is 10.2 Å². The van der Waals surface area contributed by atoms with E-state index in [4.69, 9.17) is 5.73 Å². The third-order valence-corrected chi connectivity index (χ3v) is 3.62. The molecule has 0 saturated heterocycles. The maximum atomic E-state index is 6.26. The lowest BCUT2D eigenvalue weighted by molar-refractivity contribution is 0.668. The Morgan fingerprint density at radius 1 is 1.21 bits per heavy atom. The molecule has 0 atom stereocenters. The van der Waals surface area contributed by atoms with E-state index in [1.165, 1.54) is 5.56 Å². The molecule has 0 saturated carbocycles. The smallest absolute Gasteiger partial charge is 0.175 e. The Labute approximate surface area is 114 Å². The zero-order valence-corrected chi connectivity index (χ0v) is 12.7. The van der Waals surface area contributed by atoms with Gasteiger partial charge >= 0.3 is 0 Å². The van der Waals surface area contributed by atoms with Crippen molar-refractivity contribution in [3.05, 3.63) is 22.6 Å². The van der Waals surface area contributed by atoms with E-state index in [-0.39, 0.29) is 0 Å². The Balaban J connectivity index is 2.66. The predicted molar refractivity (Wildman–Crippen MR) is 77.7 cm³/mol. The first kappa shape index (κ1) is 13.6. The van der Waals surface area contributed by atoms with Crippen LogP contribution in [0.15, 0.2) is 0 Å². The minimum atomic E-state index is 0.308. The van der Waals surface area contributed by atoms with Crippen LogP contribution < -0.4 is 5.73 Å². The van der Waals surface area contributed by atoms with Crippen molar-refractivity contribution >= 4 is 5.69 Å². The van der Waals surface area contributed by atoms with Gasteiger partial charge in [-0.3, -0.25) is 0 Å². The van der Waals surface area contributed by atoms with Crippen molar-refractivity contribution in [2.45, 2.75) is 47.0 Å². The van der Waals surface area contributed by atoms with Crippen molar-refractivity contribution < 1.29 is 0 Å². The fourth-order valence-electron chi connectivity index (χ4n) is 2.62. The second kappa shape index (κ2) is 4.72. The molecular weight excluding hydrogens is 238 g/mol. The molecule has 0 radical (unpaired) electrons. The largest absolute Gasteiger partial charge is 0.394 e. The van der Waals surface area contributed by atoms with Gasteiger partial charge in [0, 0.05) is 12.7 Å². The first-order valence-electron chi connectivity index (χ1n) is 6.76. The maximum absolute atomic E-state index is 6.26. The summed E-state index contributed by atoms with van der Waals surface area (Å²) in [6.07, 6.45) is 0.979. The van der Waals surface area contributed by atoms with Crippen molar-refractivity contribution in [2.75, 3.05) is 5.73 Å². The molecule has 0 bridgehead atoms. The minimum absolute atomic E-state index is 0.308. The van der Waals surface area contributed by atoms with E-state index < -0.39 is 0 Å². The number of nitrogens with two attached hydrogens (primary N) is 1. The monoisotopic (exact) mass is 261 g/mol. The van der Waals surface area contributed by atoms with Gasteiger partial charge in [0.15, 0.2) is 5.82 Å². The number of aromatic nitrogens is 4. The van der Waals surface area contributed by atoms with Crippen molar-refractivity contribution in [3.8, 4) is 5.82 Å². The summed E-state index contributed by atoms with van der Waals surface area (Å²) in [5.74, 6) is 1.17. The molecule has 19 heavy (non-hydrogen) atoms. The molecule has 0 aliphatic carbocycles. The SMILES string of the molecule is CCc1c(C)nn(-c2c(N)c(C(C)C)nn2C)c1C. The first-order chi connectivity index (χ1) is 8.88. The van der Waals surface area contributed by atoms with Gasteiger partial charge in [0.1, 0.15) is 5.69 Å². The van der Waals surface area contributed by atoms with Gasteiger partial charge in [-0.25, -0.2) is 9.36 Å². The molecule has 0 unspecified atom stereocenters. The Hall–Kier alpha value is -1.78. The Morgan fingerprint density at radius 3 is 2.26 bits per heavy atom. The molecule has 0 aliphatic heterocycles. The zero-order chi connectivity index (χ0) is 14.3. The van der Waals surface area contributed by atoms with Crippen LogP contribution in [0.3, 0.4) is 0 Å². The van der Waals surface area contributed by atoms with E-state index in [2.05, 4.69) is 37.9 Å². The number of nitrogens with zero attached hydrogens (tertiary/aromatic N) is 4. The lowest BCUT2D eigenvalue weighted by atomic mass is 10.1. The topological polar surface area (TPSA) is 61.7 Å². The van der Waals surface area contributed by atoms with Crippen LogP contribution in [0.1, 0.15) is 49.3 Å². The number of hydrogen-bond donors (Lipinski definition) is 1. The third-order valence-electron chi connectivity index (χ3n) is 3.62. The van der Waals surface area contributed by atoms with E-state index >= 15 is 0 Å². The highest BCUT2D eigenvalue weighted by atomic mass is 15.4. The molecule has 0 fully saturated rings. The van der Waals surface area contributed by atoms with Crippen LogP contribution in [-0.2, 0) is 13.5 Å². The summed E-state index contributed by atoms with van der Waals surface area (Å²) in [7, 11) is 1.92. The molecule has 2 aromatic heterocycles. The standard InChI is InChI=1S/C14H23N5/c1-7-11-9(4)16-19(10(11)5)14-12(15)13(8(2)3)17-18(14)6/h8H,7,15H2,1-6H3. The second-order valence-electron chi connectivity index (χ2n) is 5.32. The molecule has 5 heteroatoms. The van der Waals surface area contributed by atoms with Gasteiger partial charge in [-0.15, -0.1) is 0 Å². The van der Waals surface area contributed by atoms with Gasteiger partial charge in [-0.1, -0.05) is 20.8 Å². The van der Waals surface area contributed by atoms with Crippen LogP contribution >= 0.6 is 0 Å². The molecule has 0 aliphatic rings. The van der Waals surface area contributed by atoms with Crippen LogP contribution in [-0.4, -0.2) is 19.6 Å². The molecule has 0 spiro atoms. The van der Waals surface area contributed by atoms with Crippen LogP contribution in [0.2, 0.25) is 0 Å². The highest BCUT2D eigenvalue weighted by molar-refractivity contribution is 5.59. The van der Waals surface area contributed by atoms with Gasteiger partial charge < -0.3 is 5.73 Å². The summed E-state index contributed by atoms with van der Waals surface area (Å²) >= 11 is 0. The first-order valence-corrected chi connectivity index (χ1v) is 6.76. The number of nitrogen functional groups attached to an aromatic ring is 1. The molecule has 104 valence electrons. The zero-order valence-electron chi connectivity index (χ0n) is 12.7. The highest BCUT2D eigenvalue weighted by Crippen LogP contribution is 2.28. The van der Waals surface area contributed by atoms with E-state index in [1.807, 2.05) is 23.3 Å². The predicted octanol–water partition coefficient (Wildman–Crippen LogP) is 2.49. The molecule has 2 aromatic rings. The van der Waals surface area contributed by atoms with Crippen molar-refractivity contribution in [2.24, 2.45) is 7.05 Å². The molecule has 0 aromatic carbocycles. The fourth-order valence-corrected chi connectivity index (χ4v) is 2.62. The van der Waals surface area contributed by atoms with Gasteiger partial charge in [0.05, 0.1) is 11.4 Å². The number of anilines is 1. The Morgan fingerprint density at radius 2 is 1.84 bits per heavy atom. The summed E-state index contributed by atoms with van der Waals surface area (Å²) in [5.41, 5.74) is 11.4. The van der Waals surface area contributed by atoms with E-state index in [9.17, 15) is 0 Å². The van der Waals surface area contributed by atoms with Gasteiger partial charge in [0.25, 0.3) is 0 Å². The molecule has 2 N–H and O–H groups in total. The summed E-state index contributed by atoms with van der Waals surface area (Å²) in [6, 6.07) is 0. The van der Waals surface area contributed by atoms with Crippen LogP contribution in [0, 0.1) is 13.8 Å². The van der Waals surface area contributed by atoms with Gasteiger partial charge in [0.2, 0.25) is 0 Å². The normalized spacial score (nSPS) is 11.5. The fraction of sp³-hybridized carbons (Fsp3) is 0.571. The Bertz CT molecular complexity index is 604. The Kier molecular flexibility index (Phi) is 3.39. The average Bonchev–Trinajstić information content (AvgIpc) is 2.77. The molecule has 5 nitrogen and oxygen atoms in total. The minimum Gasteiger partial charge on any atom is -0.394 e. The van der Waals surface area contributed by atoms with Crippen LogP contribution in [0.4, 0.5) is 5.69 Å². The molecular formula is C14H23N5. The second-order valence-corrected chi connectivity index (χ2v) is 5.32. The van der Waals surface area contributed by atoms with Crippen LogP contribution in [0.5, 0.6) is 0 Å². The van der Waals surface area contributed by atoms with E-state index in [1.54, 1.807) is 0 Å². The number of hydrogen-bond acceptors (Lipinski definition) is 3. The lowest BCUT2D eigenvalue weighted by Gasteiger charge is -2.07. The van der Waals surface area contributed by atoms with Crippen LogP contribution in [0.25, 0.3) is 5.82 Å². The summed E-state index contributed by atoms with van der Waals surface area (Å²) in [5, 5.41) is 9.14. The average molecular weight is 261 g/mol. The van der Waals surface area contributed by atoms with Crippen molar-refractivity contribution in [3.63, 3.8) is 0 Å². The van der Waals surface area contributed by atoms with E-state index in [0.717, 1.165) is 35.0 Å². The number of rotatable bonds is 3. The number of aryl methyl sites for hydroxylation is 2. The summed E-state index contributed by atoms with van der Waals surface area (Å²) in [4.78, 5) is 0. The highest BCUT2D eigenvalue weighted by Gasteiger charge is 2.21. The quantitative estimate of drug-likeness (QED) is 0.923. The summed E-state index contributed by atoms with van der Waals surface area (Å²) in [6.45, 7) is 10.5. The third kappa shape index (κ3) is 2.03. The van der Waals surface area contributed by atoms with Gasteiger partial charge in [-0.05, 0) is 31.7 Å². The molecule has 2 rings (SSSR count). The van der Waals surface area contributed by atoms with E-state index in [0.29, 0.717) is 5.92 Å². The van der Waals surface area contributed by atoms with Crippen molar-refractivity contribution in [1.29, 1.82) is 0 Å².